The third kappa shape index (κ3) is 3.33. The number of carbonyl (C=O) groups is 1. The van der Waals surface area contributed by atoms with E-state index in [9.17, 15) is 9.59 Å². The van der Waals surface area contributed by atoms with Crippen LogP contribution < -0.4 is 10.9 Å². The lowest BCUT2D eigenvalue weighted by Crippen LogP contribution is -2.27. The van der Waals surface area contributed by atoms with E-state index in [1.54, 1.807) is 6.07 Å². The normalized spacial score (nSPS) is 15.4. The monoisotopic (exact) mass is 397 g/mol. The highest BCUT2D eigenvalue weighted by molar-refractivity contribution is 7.15. The molecule has 4 rings (SSSR count). The predicted octanol–water partition coefficient (Wildman–Crippen LogP) is 2.60. The molecule has 7 nitrogen and oxygen atoms in total. The lowest BCUT2D eigenvalue weighted by Gasteiger charge is -2.20. The average Bonchev–Trinajstić information content (AvgIpc) is 3.09. The Kier molecular flexibility index (Phi) is 4.99. The first kappa shape index (κ1) is 18.8. The average molecular weight is 398 g/mol. The van der Waals surface area contributed by atoms with E-state index in [0.29, 0.717) is 22.8 Å². The number of aromatic nitrogens is 3. The van der Waals surface area contributed by atoms with Gasteiger partial charge in [-0.15, -0.1) is 11.3 Å². The van der Waals surface area contributed by atoms with E-state index in [1.807, 2.05) is 32.0 Å². The molecular formula is C20H23N5O2S. The van der Waals surface area contributed by atoms with Crippen LogP contribution in [0.1, 0.15) is 36.0 Å². The van der Waals surface area contributed by atoms with Crippen molar-refractivity contribution in [3.8, 4) is 0 Å². The summed E-state index contributed by atoms with van der Waals surface area (Å²) >= 11 is 1.53. The number of nitrogens with one attached hydrogen (secondary N) is 1. The Labute approximate surface area is 167 Å². The Bertz CT molecular complexity index is 1100. The number of benzene rings is 1. The quantitative estimate of drug-likeness (QED) is 0.732. The zero-order valence-corrected chi connectivity index (χ0v) is 17.0. The van der Waals surface area contributed by atoms with Crippen molar-refractivity contribution in [2.24, 2.45) is 0 Å². The number of aryl methyl sites for hydroxylation is 1. The molecule has 8 heteroatoms. The van der Waals surface area contributed by atoms with Crippen molar-refractivity contribution in [2.75, 3.05) is 18.9 Å². The molecule has 0 fully saturated rings. The first-order valence-corrected chi connectivity index (χ1v) is 10.3. The van der Waals surface area contributed by atoms with Gasteiger partial charge in [-0.25, -0.2) is 9.67 Å². The minimum atomic E-state index is -0.507. The van der Waals surface area contributed by atoms with Crippen molar-refractivity contribution < 1.29 is 4.79 Å². The summed E-state index contributed by atoms with van der Waals surface area (Å²) in [5, 5.41) is 9.36. The smallest absolute Gasteiger partial charge is 0.274 e. The zero-order valence-electron chi connectivity index (χ0n) is 16.2. The van der Waals surface area contributed by atoms with Gasteiger partial charge in [0.05, 0.1) is 22.7 Å². The van der Waals surface area contributed by atoms with Gasteiger partial charge in [0.2, 0.25) is 5.91 Å². The number of hydrogen-bond donors (Lipinski definition) is 1. The third-order valence-corrected chi connectivity index (χ3v) is 6.15. The number of hydrogen-bond acceptors (Lipinski definition) is 6. The molecule has 1 aliphatic rings. The van der Waals surface area contributed by atoms with E-state index in [-0.39, 0.29) is 11.5 Å². The molecule has 1 aromatic carbocycles. The van der Waals surface area contributed by atoms with Crippen LogP contribution in [0.2, 0.25) is 0 Å². The first-order valence-electron chi connectivity index (χ1n) is 9.45. The molecule has 0 radical (unpaired) electrons. The lowest BCUT2D eigenvalue weighted by atomic mass is 10.0. The summed E-state index contributed by atoms with van der Waals surface area (Å²) in [5.74, 6) is -0.676. The maximum atomic E-state index is 12.9. The number of fused-ring (bicyclic) bond motifs is 2. The Hall–Kier alpha value is -2.58. The van der Waals surface area contributed by atoms with Crippen molar-refractivity contribution in [2.45, 2.75) is 39.3 Å². The molecule has 28 heavy (non-hydrogen) atoms. The van der Waals surface area contributed by atoms with E-state index >= 15 is 0 Å². The van der Waals surface area contributed by atoms with Gasteiger partial charge in [-0.3, -0.25) is 9.59 Å². The molecular weight excluding hydrogens is 374 g/mol. The van der Waals surface area contributed by atoms with Crippen molar-refractivity contribution in [1.29, 1.82) is 0 Å². The summed E-state index contributed by atoms with van der Waals surface area (Å²) in [6, 6.07) is 7.32. The van der Waals surface area contributed by atoms with Crippen LogP contribution in [-0.2, 0) is 24.3 Å². The Morgan fingerprint density at radius 3 is 2.82 bits per heavy atom. The Morgan fingerprint density at radius 1 is 1.32 bits per heavy atom. The van der Waals surface area contributed by atoms with Crippen LogP contribution in [0.3, 0.4) is 0 Å². The Balaban J connectivity index is 1.64. The van der Waals surface area contributed by atoms with E-state index in [1.165, 1.54) is 20.9 Å². The van der Waals surface area contributed by atoms with Gasteiger partial charge < -0.3 is 10.2 Å². The molecule has 1 amide bonds. The molecule has 3 heterocycles. The number of likely N-dealkylation sites (N-methyl/N-ethyl adjacent to an activating group) is 1. The number of carbonyl (C=O) groups excluding carboxylic acids is 1. The molecule has 0 saturated heterocycles. The molecule has 146 valence electrons. The second-order valence-electron chi connectivity index (χ2n) is 7.14. The molecule has 1 N–H and O–H groups in total. The van der Waals surface area contributed by atoms with Gasteiger partial charge in [0, 0.05) is 36.3 Å². The highest BCUT2D eigenvalue weighted by atomic mass is 32.1. The summed E-state index contributed by atoms with van der Waals surface area (Å²) in [5.41, 5.74) is 1.55. The molecule has 1 atom stereocenters. The van der Waals surface area contributed by atoms with Crippen LogP contribution in [0.5, 0.6) is 0 Å². The van der Waals surface area contributed by atoms with Gasteiger partial charge in [0.1, 0.15) is 0 Å². The SMILES string of the molecule is CCn1nc(C(C)C(=O)Nc2nc3c(s2)CN(C)CC3)c2ccccc2c1=O. The van der Waals surface area contributed by atoms with Crippen LogP contribution in [0, 0.1) is 0 Å². The van der Waals surface area contributed by atoms with E-state index in [2.05, 4.69) is 27.3 Å². The van der Waals surface area contributed by atoms with Crippen LogP contribution >= 0.6 is 11.3 Å². The summed E-state index contributed by atoms with van der Waals surface area (Å²) in [6.07, 6.45) is 0.904. The van der Waals surface area contributed by atoms with Crippen LogP contribution in [0.4, 0.5) is 5.13 Å². The second kappa shape index (κ2) is 7.44. The fraction of sp³-hybridized carbons (Fsp3) is 0.400. The van der Waals surface area contributed by atoms with E-state index in [4.69, 9.17) is 0 Å². The van der Waals surface area contributed by atoms with Crippen molar-refractivity contribution in [3.05, 3.63) is 50.9 Å². The summed E-state index contributed by atoms with van der Waals surface area (Å²) < 4.78 is 1.42. The van der Waals surface area contributed by atoms with Gasteiger partial charge >= 0.3 is 0 Å². The van der Waals surface area contributed by atoms with Crippen LogP contribution in [0.15, 0.2) is 29.1 Å². The highest BCUT2D eigenvalue weighted by Gasteiger charge is 2.24. The minimum absolute atomic E-state index is 0.133. The number of amides is 1. The molecule has 0 aliphatic carbocycles. The number of thiazole rings is 1. The number of rotatable bonds is 4. The van der Waals surface area contributed by atoms with Crippen molar-refractivity contribution in [1.82, 2.24) is 19.7 Å². The fourth-order valence-electron chi connectivity index (χ4n) is 3.51. The van der Waals surface area contributed by atoms with Crippen LogP contribution in [0.25, 0.3) is 10.8 Å². The van der Waals surface area contributed by atoms with Gasteiger partial charge in [-0.2, -0.15) is 5.10 Å². The fourth-order valence-corrected chi connectivity index (χ4v) is 4.60. The molecule has 1 unspecified atom stereocenters. The van der Waals surface area contributed by atoms with E-state index in [0.717, 1.165) is 30.6 Å². The maximum absolute atomic E-state index is 12.9. The van der Waals surface area contributed by atoms with Crippen molar-refractivity contribution >= 4 is 33.1 Å². The standard InChI is InChI=1S/C20H23N5O2S/c1-4-25-19(27)14-8-6-5-7-13(14)17(23-25)12(2)18(26)22-20-21-15-9-10-24(3)11-16(15)28-20/h5-8,12H,4,9-11H2,1-3H3,(H,21,22,26). The molecule has 2 aromatic heterocycles. The van der Waals surface area contributed by atoms with E-state index < -0.39 is 5.92 Å². The van der Waals surface area contributed by atoms with Gasteiger partial charge in [-0.05, 0) is 27.0 Å². The largest absolute Gasteiger partial charge is 0.301 e. The Morgan fingerprint density at radius 2 is 2.07 bits per heavy atom. The van der Waals surface area contributed by atoms with Gasteiger partial charge in [-0.1, -0.05) is 18.2 Å². The minimum Gasteiger partial charge on any atom is -0.301 e. The zero-order chi connectivity index (χ0) is 19.8. The first-order chi connectivity index (χ1) is 13.5. The highest BCUT2D eigenvalue weighted by Crippen LogP contribution is 2.29. The predicted molar refractivity (Wildman–Crippen MR) is 111 cm³/mol. The summed E-state index contributed by atoms with van der Waals surface area (Å²) in [4.78, 5) is 33.5. The maximum Gasteiger partial charge on any atom is 0.274 e. The number of anilines is 1. The van der Waals surface area contributed by atoms with Crippen LogP contribution in [-0.4, -0.2) is 39.2 Å². The topological polar surface area (TPSA) is 80.1 Å². The number of nitrogens with zero attached hydrogens (tertiary/aromatic N) is 4. The van der Waals surface area contributed by atoms with Crippen molar-refractivity contribution in [3.63, 3.8) is 0 Å². The van der Waals surface area contributed by atoms with Gasteiger partial charge in [0.25, 0.3) is 5.56 Å². The lowest BCUT2D eigenvalue weighted by molar-refractivity contribution is -0.117. The molecule has 3 aromatic rings. The third-order valence-electron chi connectivity index (χ3n) is 5.15. The summed E-state index contributed by atoms with van der Waals surface area (Å²) in [6.45, 7) is 5.99. The molecule has 1 aliphatic heterocycles. The molecule has 0 spiro atoms. The second-order valence-corrected chi connectivity index (χ2v) is 8.22. The molecule has 0 saturated carbocycles. The van der Waals surface area contributed by atoms with Gasteiger partial charge in [0.15, 0.2) is 5.13 Å². The molecule has 0 bridgehead atoms. The summed E-state index contributed by atoms with van der Waals surface area (Å²) in [7, 11) is 2.09.